The molecule has 2 heterocycles. The molecule has 4 nitrogen and oxygen atoms in total. The number of hydrogen-bond acceptors (Lipinski definition) is 4. The molecule has 1 fully saturated rings. The molecule has 1 aromatic rings. The van der Waals surface area contributed by atoms with Gasteiger partial charge in [-0.05, 0) is 12.8 Å². The molecule has 0 radical (unpaired) electrons. The highest BCUT2D eigenvalue weighted by molar-refractivity contribution is 7.12. The number of likely N-dealkylation sites (tertiary alicyclic amines) is 1. The Balaban J connectivity index is 0.00000144. The van der Waals surface area contributed by atoms with Crippen LogP contribution in [0.15, 0.2) is 11.4 Å². The average Bonchev–Trinajstić information content (AvgIpc) is 2.76. The van der Waals surface area contributed by atoms with Gasteiger partial charge in [-0.25, -0.2) is 0 Å². The Hall–Kier alpha value is -0.780. The molecular weight excluding hydrogens is 260 g/mol. The number of halogens is 1. The Bertz CT molecular complexity index is 383. The zero-order chi connectivity index (χ0) is 11.5. The first-order valence-corrected chi connectivity index (χ1v) is 6.26. The largest absolute Gasteiger partial charge is 0.496 e. The number of thiophene rings is 1. The predicted molar refractivity (Wildman–Crippen MR) is 71.2 cm³/mol. The average molecular weight is 277 g/mol. The van der Waals surface area contributed by atoms with Gasteiger partial charge in [0, 0.05) is 30.6 Å². The number of carbonyl (C=O) groups is 1. The Morgan fingerprint density at radius 3 is 3.00 bits per heavy atom. The number of amides is 1. The smallest absolute Gasteiger partial charge is 0.264 e. The van der Waals surface area contributed by atoms with Crippen molar-refractivity contribution in [3.8, 4) is 5.75 Å². The molecule has 0 spiro atoms. The van der Waals surface area contributed by atoms with Crippen molar-refractivity contribution in [3.05, 3.63) is 16.3 Å². The lowest BCUT2D eigenvalue weighted by Gasteiger charge is -2.30. The lowest BCUT2D eigenvalue weighted by Crippen LogP contribution is -2.45. The Morgan fingerprint density at radius 2 is 2.41 bits per heavy atom. The van der Waals surface area contributed by atoms with Gasteiger partial charge in [0.2, 0.25) is 0 Å². The number of methoxy groups -OCH3 is 1. The molecule has 1 aliphatic rings. The normalized spacial score (nSPS) is 19.6. The van der Waals surface area contributed by atoms with Crippen molar-refractivity contribution in [1.29, 1.82) is 0 Å². The molecular formula is C11H17ClN2O2S. The van der Waals surface area contributed by atoms with Crippen LogP contribution < -0.4 is 10.5 Å². The summed E-state index contributed by atoms with van der Waals surface area (Å²) in [5.41, 5.74) is 5.86. The third kappa shape index (κ3) is 3.34. The van der Waals surface area contributed by atoms with E-state index >= 15 is 0 Å². The summed E-state index contributed by atoms with van der Waals surface area (Å²) in [5.74, 6) is 0.818. The van der Waals surface area contributed by atoms with Crippen LogP contribution in [0.25, 0.3) is 0 Å². The van der Waals surface area contributed by atoms with Gasteiger partial charge in [-0.15, -0.1) is 23.7 Å². The number of ether oxygens (including phenoxy) is 1. The van der Waals surface area contributed by atoms with Crippen molar-refractivity contribution in [2.45, 2.75) is 18.9 Å². The summed E-state index contributed by atoms with van der Waals surface area (Å²) in [7, 11) is 1.60. The number of piperidine rings is 1. The van der Waals surface area contributed by atoms with Crippen molar-refractivity contribution in [2.24, 2.45) is 5.73 Å². The van der Waals surface area contributed by atoms with E-state index in [0.29, 0.717) is 6.54 Å². The van der Waals surface area contributed by atoms with Crippen LogP contribution in [0.2, 0.25) is 0 Å². The van der Waals surface area contributed by atoms with Crippen LogP contribution in [0.3, 0.4) is 0 Å². The summed E-state index contributed by atoms with van der Waals surface area (Å²) < 4.78 is 5.07. The lowest BCUT2D eigenvalue weighted by atomic mass is 10.1. The molecule has 0 unspecified atom stereocenters. The second kappa shape index (κ2) is 6.23. The molecule has 1 atom stereocenters. The van der Waals surface area contributed by atoms with Crippen LogP contribution in [-0.2, 0) is 0 Å². The highest BCUT2D eigenvalue weighted by Crippen LogP contribution is 2.23. The van der Waals surface area contributed by atoms with Crippen molar-refractivity contribution in [3.63, 3.8) is 0 Å². The van der Waals surface area contributed by atoms with Gasteiger partial charge in [-0.2, -0.15) is 0 Å². The van der Waals surface area contributed by atoms with Gasteiger partial charge in [0.1, 0.15) is 5.75 Å². The van der Waals surface area contributed by atoms with Crippen LogP contribution in [0.4, 0.5) is 0 Å². The highest BCUT2D eigenvalue weighted by atomic mass is 35.5. The van der Waals surface area contributed by atoms with Gasteiger partial charge in [-0.3, -0.25) is 4.79 Å². The van der Waals surface area contributed by atoms with Crippen LogP contribution in [0, 0.1) is 0 Å². The summed E-state index contributed by atoms with van der Waals surface area (Å²) in [4.78, 5) is 14.7. The third-order valence-corrected chi connectivity index (χ3v) is 3.66. The maximum Gasteiger partial charge on any atom is 0.264 e. The molecule has 0 bridgehead atoms. The van der Waals surface area contributed by atoms with E-state index < -0.39 is 0 Å². The first kappa shape index (κ1) is 14.3. The minimum atomic E-state index is 0. The Morgan fingerprint density at radius 1 is 1.65 bits per heavy atom. The zero-order valence-corrected chi connectivity index (χ0v) is 11.4. The number of nitrogens with zero attached hydrogens (tertiary/aromatic N) is 1. The summed E-state index contributed by atoms with van der Waals surface area (Å²) >= 11 is 1.42. The second-order valence-electron chi connectivity index (χ2n) is 4.00. The predicted octanol–water partition coefficient (Wildman–Crippen LogP) is 1.74. The molecule has 96 valence electrons. The summed E-state index contributed by atoms with van der Waals surface area (Å²) in [6, 6.07) is 1.91. The van der Waals surface area contributed by atoms with E-state index in [0.717, 1.165) is 30.0 Å². The van der Waals surface area contributed by atoms with Crippen LogP contribution in [-0.4, -0.2) is 37.0 Å². The maximum absolute atomic E-state index is 12.1. The fourth-order valence-electron chi connectivity index (χ4n) is 1.89. The van der Waals surface area contributed by atoms with Crippen molar-refractivity contribution >= 4 is 29.7 Å². The van der Waals surface area contributed by atoms with Crippen LogP contribution >= 0.6 is 23.7 Å². The highest BCUT2D eigenvalue weighted by Gasteiger charge is 2.23. The van der Waals surface area contributed by atoms with Gasteiger partial charge >= 0.3 is 0 Å². The summed E-state index contributed by atoms with van der Waals surface area (Å²) in [5, 5.41) is 1.84. The molecule has 0 aliphatic carbocycles. The minimum Gasteiger partial charge on any atom is -0.496 e. The Labute approximate surface area is 111 Å². The molecule has 0 saturated carbocycles. The first-order chi connectivity index (χ1) is 7.70. The number of carbonyl (C=O) groups excluding carboxylic acids is 1. The van der Waals surface area contributed by atoms with E-state index in [-0.39, 0.29) is 24.4 Å². The van der Waals surface area contributed by atoms with Gasteiger partial charge < -0.3 is 15.4 Å². The van der Waals surface area contributed by atoms with Gasteiger partial charge in [0.05, 0.1) is 12.0 Å². The number of hydrogen-bond donors (Lipinski definition) is 1. The standard InChI is InChI=1S/C11H16N2O2S.ClH/c1-15-9-5-10(16-7-9)11(14)13-4-2-3-8(12)6-13;/h5,7-8H,2-4,6,12H2,1H3;1H/t8-;/m1./s1. The van der Waals surface area contributed by atoms with E-state index in [1.807, 2.05) is 10.3 Å². The van der Waals surface area contributed by atoms with E-state index in [1.54, 1.807) is 13.2 Å². The van der Waals surface area contributed by atoms with Crippen LogP contribution in [0.1, 0.15) is 22.5 Å². The molecule has 2 rings (SSSR count). The summed E-state index contributed by atoms with van der Waals surface area (Å²) in [6.07, 6.45) is 2.01. The van der Waals surface area contributed by atoms with E-state index in [2.05, 4.69) is 0 Å². The fraction of sp³-hybridized carbons (Fsp3) is 0.545. The SMILES string of the molecule is COc1csc(C(=O)N2CCC[C@@H](N)C2)c1.Cl. The number of rotatable bonds is 2. The van der Waals surface area contributed by atoms with Gasteiger partial charge in [0.15, 0.2) is 0 Å². The molecule has 6 heteroatoms. The zero-order valence-electron chi connectivity index (χ0n) is 9.72. The molecule has 17 heavy (non-hydrogen) atoms. The number of nitrogens with two attached hydrogens (primary N) is 1. The minimum absolute atomic E-state index is 0. The first-order valence-electron chi connectivity index (χ1n) is 5.38. The van der Waals surface area contributed by atoms with Gasteiger partial charge in [0.25, 0.3) is 5.91 Å². The molecule has 1 amide bonds. The summed E-state index contributed by atoms with van der Waals surface area (Å²) in [6.45, 7) is 1.48. The molecule has 1 aliphatic heterocycles. The second-order valence-corrected chi connectivity index (χ2v) is 4.92. The molecule has 0 aromatic carbocycles. The lowest BCUT2D eigenvalue weighted by molar-refractivity contribution is 0.0713. The Kier molecular flexibility index (Phi) is 5.24. The van der Waals surface area contributed by atoms with Gasteiger partial charge in [-0.1, -0.05) is 0 Å². The van der Waals surface area contributed by atoms with Crippen molar-refractivity contribution in [1.82, 2.24) is 4.90 Å². The van der Waals surface area contributed by atoms with E-state index in [1.165, 1.54) is 11.3 Å². The van der Waals surface area contributed by atoms with E-state index in [9.17, 15) is 4.79 Å². The monoisotopic (exact) mass is 276 g/mol. The van der Waals surface area contributed by atoms with Crippen LogP contribution in [0.5, 0.6) is 5.75 Å². The maximum atomic E-state index is 12.1. The third-order valence-electron chi connectivity index (χ3n) is 2.77. The topological polar surface area (TPSA) is 55.6 Å². The quantitative estimate of drug-likeness (QED) is 0.895. The van der Waals surface area contributed by atoms with E-state index in [4.69, 9.17) is 10.5 Å². The van der Waals surface area contributed by atoms with Crippen molar-refractivity contribution < 1.29 is 9.53 Å². The molecule has 2 N–H and O–H groups in total. The fourth-order valence-corrected chi connectivity index (χ4v) is 2.71. The molecule has 1 aromatic heterocycles. The van der Waals surface area contributed by atoms with Crippen molar-refractivity contribution in [2.75, 3.05) is 20.2 Å². The molecule has 1 saturated heterocycles.